The Hall–Kier alpha value is -1.12. The second-order valence-electron chi connectivity index (χ2n) is 13.0. The van der Waals surface area contributed by atoms with Crippen LogP contribution in [0.15, 0.2) is 46.6 Å². The van der Waals surface area contributed by atoms with E-state index < -0.39 is 0 Å². The molecule has 2 nitrogen and oxygen atoms in total. The molecule has 2 heteroatoms. The van der Waals surface area contributed by atoms with Crippen molar-refractivity contribution in [1.29, 1.82) is 0 Å². The summed E-state index contributed by atoms with van der Waals surface area (Å²) in [5.41, 5.74) is 6.25. The van der Waals surface area contributed by atoms with Crippen molar-refractivity contribution in [2.45, 2.75) is 137 Å². The van der Waals surface area contributed by atoms with Crippen molar-refractivity contribution >= 4 is 0 Å². The van der Waals surface area contributed by atoms with Gasteiger partial charge < -0.3 is 9.47 Å². The third-order valence-corrected chi connectivity index (χ3v) is 7.12. The van der Waals surface area contributed by atoms with Crippen LogP contribution in [0.4, 0.5) is 0 Å². The normalized spacial score (nSPS) is 20.7. The van der Waals surface area contributed by atoms with Crippen LogP contribution in [0.5, 0.6) is 0 Å². The smallest absolute Gasteiger partial charge is 0.0598 e. The van der Waals surface area contributed by atoms with E-state index in [2.05, 4.69) is 79.7 Å². The van der Waals surface area contributed by atoms with Crippen LogP contribution in [0.25, 0.3) is 0 Å². The lowest BCUT2D eigenvalue weighted by atomic mass is 9.88. The van der Waals surface area contributed by atoms with E-state index in [-0.39, 0.29) is 11.2 Å². The number of hydrogen-bond acceptors (Lipinski definition) is 2. The van der Waals surface area contributed by atoms with Gasteiger partial charge in [0.15, 0.2) is 0 Å². The SMILES string of the molecule is CC1=CC(CCCCCCOC(C)(C)C)=CC1CC1C=C(CCCCCCOC(C)(C)C)C=C1C. The molecule has 0 radical (unpaired) electrons. The topological polar surface area (TPSA) is 18.5 Å². The lowest BCUT2D eigenvalue weighted by Gasteiger charge is -2.19. The molecular formula is C33H56O2. The van der Waals surface area contributed by atoms with Gasteiger partial charge in [-0.15, -0.1) is 0 Å². The van der Waals surface area contributed by atoms with Gasteiger partial charge in [-0.05, 0) is 112 Å². The van der Waals surface area contributed by atoms with Gasteiger partial charge in [0.25, 0.3) is 0 Å². The summed E-state index contributed by atoms with van der Waals surface area (Å²) < 4.78 is 11.7. The fraction of sp³-hybridized carbons (Fsp3) is 0.758. The van der Waals surface area contributed by atoms with Gasteiger partial charge in [-0.3, -0.25) is 0 Å². The van der Waals surface area contributed by atoms with Gasteiger partial charge in [0.05, 0.1) is 11.2 Å². The summed E-state index contributed by atoms with van der Waals surface area (Å²) in [5, 5.41) is 0. The number of hydrogen-bond donors (Lipinski definition) is 0. The number of ether oxygens (including phenoxy) is 2. The van der Waals surface area contributed by atoms with Crippen LogP contribution in [0.1, 0.15) is 126 Å². The van der Waals surface area contributed by atoms with Crippen LogP contribution in [0.2, 0.25) is 0 Å². The molecule has 0 saturated heterocycles. The highest BCUT2D eigenvalue weighted by Crippen LogP contribution is 2.37. The minimum Gasteiger partial charge on any atom is -0.376 e. The molecule has 35 heavy (non-hydrogen) atoms. The number of allylic oxidation sites excluding steroid dienone is 8. The molecule has 0 fully saturated rings. The molecule has 2 aliphatic carbocycles. The Balaban J connectivity index is 1.63. The molecule has 2 atom stereocenters. The predicted octanol–water partition coefficient (Wildman–Crippen LogP) is 9.91. The van der Waals surface area contributed by atoms with E-state index in [9.17, 15) is 0 Å². The highest BCUT2D eigenvalue weighted by Gasteiger charge is 2.23. The van der Waals surface area contributed by atoms with Crippen LogP contribution in [-0.2, 0) is 9.47 Å². The Kier molecular flexibility index (Phi) is 12.5. The monoisotopic (exact) mass is 484 g/mol. The molecule has 0 aromatic carbocycles. The molecule has 2 aliphatic rings. The molecule has 0 aromatic rings. The highest BCUT2D eigenvalue weighted by atomic mass is 16.5. The first kappa shape index (κ1) is 30.1. The number of unbranched alkanes of at least 4 members (excludes halogenated alkanes) is 6. The fourth-order valence-electron chi connectivity index (χ4n) is 5.09. The van der Waals surface area contributed by atoms with E-state index in [1.165, 1.54) is 70.6 Å². The molecule has 0 N–H and O–H groups in total. The van der Waals surface area contributed by atoms with E-state index >= 15 is 0 Å². The third kappa shape index (κ3) is 13.1. The predicted molar refractivity (Wildman–Crippen MR) is 153 cm³/mol. The molecule has 2 unspecified atom stereocenters. The first-order valence-electron chi connectivity index (χ1n) is 14.5. The van der Waals surface area contributed by atoms with Crippen molar-refractivity contribution in [2.24, 2.45) is 11.8 Å². The molecule has 0 heterocycles. The lowest BCUT2D eigenvalue weighted by Crippen LogP contribution is -2.19. The van der Waals surface area contributed by atoms with E-state index in [1.54, 1.807) is 22.3 Å². The molecule has 0 aliphatic heterocycles. The van der Waals surface area contributed by atoms with Crippen LogP contribution in [0, 0.1) is 11.8 Å². The summed E-state index contributed by atoms with van der Waals surface area (Å²) in [7, 11) is 0. The molecule has 0 amide bonds. The molecule has 0 aromatic heterocycles. The van der Waals surface area contributed by atoms with Crippen molar-refractivity contribution in [3.63, 3.8) is 0 Å². The minimum absolute atomic E-state index is 0.00359. The largest absolute Gasteiger partial charge is 0.376 e. The standard InChI is InChI=1S/C33H56O2/c1-26-21-28(17-13-9-11-15-19-34-32(3,4)5)23-30(26)25-31-24-29(22-27(31)2)18-14-10-12-16-20-35-33(6,7)8/h21-24,30-31H,9-20,25H2,1-8H3. The second-order valence-corrected chi connectivity index (χ2v) is 13.0. The van der Waals surface area contributed by atoms with Gasteiger partial charge in [-0.1, -0.05) is 72.3 Å². The van der Waals surface area contributed by atoms with E-state index in [4.69, 9.17) is 9.47 Å². The summed E-state index contributed by atoms with van der Waals surface area (Å²) in [6.07, 6.45) is 23.9. The van der Waals surface area contributed by atoms with Crippen LogP contribution in [0.3, 0.4) is 0 Å². The van der Waals surface area contributed by atoms with Gasteiger partial charge >= 0.3 is 0 Å². The lowest BCUT2D eigenvalue weighted by molar-refractivity contribution is -0.00510. The first-order chi connectivity index (χ1) is 16.4. The zero-order valence-corrected chi connectivity index (χ0v) is 24.5. The summed E-state index contributed by atoms with van der Waals surface area (Å²) in [4.78, 5) is 0. The quantitative estimate of drug-likeness (QED) is 0.203. The van der Waals surface area contributed by atoms with Gasteiger partial charge in [-0.2, -0.15) is 0 Å². The Morgan fingerprint density at radius 2 is 0.943 bits per heavy atom. The van der Waals surface area contributed by atoms with Crippen molar-refractivity contribution < 1.29 is 9.47 Å². The van der Waals surface area contributed by atoms with Crippen LogP contribution >= 0.6 is 0 Å². The molecule has 0 bridgehead atoms. The Bertz CT molecular complexity index is 687. The summed E-state index contributed by atoms with van der Waals surface area (Å²) >= 11 is 0. The van der Waals surface area contributed by atoms with Gasteiger partial charge in [-0.25, -0.2) is 0 Å². The van der Waals surface area contributed by atoms with E-state index in [0.29, 0.717) is 11.8 Å². The summed E-state index contributed by atoms with van der Waals surface area (Å²) in [5.74, 6) is 1.24. The summed E-state index contributed by atoms with van der Waals surface area (Å²) in [6.45, 7) is 19.3. The van der Waals surface area contributed by atoms with Crippen molar-refractivity contribution in [3.8, 4) is 0 Å². The number of rotatable bonds is 16. The highest BCUT2D eigenvalue weighted by molar-refractivity contribution is 5.38. The average Bonchev–Trinajstić information content (AvgIpc) is 3.26. The molecule has 0 spiro atoms. The summed E-state index contributed by atoms with van der Waals surface area (Å²) in [6, 6.07) is 0. The molecular weight excluding hydrogens is 428 g/mol. The van der Waals surface area contributed by atoms with Crippen LogP contribution < -0.4 is 0 Å². The maximum absolute atomic E-state index is 5.83. The van der Waals surface area contributed by atoms with Gasteiger partial charge in [0, 0.05) is 13.2 Å². The van der Waals surface area contributed by atoms with Crippen LogP contribution in [-0.4, -0.2) is 24.4 Å². The van der Waals surface area contributed by atoms with E-state index in [0.717, 1.165) is 13.2 Å². The Morgan fingerprint density at radius 1 is 0.571 bits per heavy atom. The van der Waals surface area contributed by atoms with Crippen molar-refractivity contribution in [1.82, 2.24) is 0 Å². The molecule has 2 rings (SSSR count). The average molecular weight is 485 g/mol. The van der Waals surface area contributed by atoms with Crippen molar-refractivity contribution in [3.05, 3.63) is 46.6 Å². The van der Waals surface area contributed by atoms with E-state index in [1.807, 2.05) is 0 Å². The van der Waals surface area contributed by atoms with Crippen molar-refractivity contribution in [2.75, 3.05) is 13.2 Å². The molecule has 0 saturated carbocycles. The zero-order chi connectivity index (χ0) is 25.9. The maximum Gasteiger partial charge on any atom is 0.0598 e. The second kappa shape index (κ2) is 14.6. The Labute approximate surface area is 218 Å². The molecule has 200 valence electrons. The van der Waals surface area contributed by atoms with Gasteiger partial charge in [0.2, 0.25) is 0 Å². The zero-order valence-electron chi connectivity index (χ0n) is 24.5. The maximum atomic E-state index is 5.83. The van der Waals surface area contributed by atoms with Gasteiger partial charge in [0.1, 0.15) is 0 Å². The fourth-order valence-corrected chi connectivity index (χ4v) is 5.09. The third-order valence-electron chi connectivity index (χ3n) is 7.12. The minimum atomic E-state index is -0.00359. The first-order valence-corrected chi connectivity index (χ1v) is 14.5. The Morgan fingerprint density at radius 3 is 1.31 bits per heavy atom.